The normalized spacial score (nSPS) is 16.3. The third-order valence-corrected chi connectivity index (χ3v) is 4.81. The second kappa shape index (κ2) is 10.1. The summed E-state index contributed by atoms with van der Waals surface area (Å²) in [5, 5.41) is 6.12. The highest BCUT2D eigenvalue weighted by atomic mass is 16.5. The van der Waals surface area contributed by atoms with E-state index in [-0.39, 0.29) is 12.0 Å². The number of carbonyl (C=O) groups is 1. The third-order valence-electron chi connectivity index (χ3n) is 4.81. The molecule has 1 atom stereocenters. The summed E-state index contributed by atoms with van der Waals surface area (Å²) in [4.78, 5) is 17.5. The number of ether oxygens (including phenoxy) is 3. The van der Waals surface area contributed by atoms with Gasteiger partial charge >= 0.3 is 0 Å². The van der Waals surface area contributed by atoms with E-state index in [4.69, 9.17) is 14.2 Å². The molecule has 1 saturated heterocycles. The Balaban J connectivity index is 1.82. The van der Waals surface area contributed by atoms with Crippen LogP contribution >= 0.6 is 0 Å². The van der Waals surface area contributed by atoms with Gasteiger partial charge < -0.3 is 19.5 Å². The smallest absolute Gasteiger partial charge is 0.258 e. The number of anilines is 1. The fourth-order valence-corrected chi connectivity index (χ4v) is 3.39. The second-order valence-corrected chi connectivity index (χ2v) is 7.38. The van der Waals surface area contributed by atoms with Gasteiger partial charge in [0, 0.05) is 23.9 Å². The zero-order chi connectivity index (χ0) is 21.5. The lowest BCUT2D eigenvalue weighted by Gasteiger charge is -2.15. The second-order valence-electron chi connectivity index (χ2n) is 7.38. The van der Waals surface area contributed by atoms with Gasteiger partial charge in [0.05, 0.1) is 26.9 Å². The Morgan fingerprint density at radius 1 is 1.07 bits per heavy atom. The van der Waals surface area contributed by atoms with Gasteiger partial charge in [-0.25, -0.2) is 4.99 Å². The molecule has 2 N–H and O–H groups in total. The quantitative estimate of drug-likeness (QED) is 0.560. The van der Waals surface area contributed by atoms with Gasteiger partial charge in [-0.1, -0.05) is 6.07 Å². The van der Waals surface area contributed by atoms with Crippen LogP contribution in [0.2, 0.25) is 0 Å². The van der Waals surface area contributed by atoms with Gasteiger partial charge in [0.2, 0.25) is 5.96 Å². The van der Waals surface area contributed by atoms with Crippen molar-refractivity contribution in [1.29, 1.82) is 0 Å². The zero-order valence-electron chi connectivity index (χ0n) is 18.0. The summed E-state index contributed by atoms with van der Waals surface area (Å²) >= 11 is 0. The van der Waals surface area contributed by atoms with Crippen molar-refractivity contribution in [3.8, 4) is 11.5 Å². The first-order valence-corrected chi connectivity index (χ1v) is 10.0. The lowest BCUT2D eigenvalue weighted by atomic mass is 10.1. The highest BCUT2D eigenvalue weighted by Crippen LogP contribution is 2.22. The summed E-state index contributed by atoms with van der Waals surface area (Å²) in [5.41, 5.74) is 3.53. The van der Waals surface area contributed by atoms with Gasteiger partial charge in [-0.05, 0) is 62.1 Å². The monoisotopic (exact) mass is 411 g/mol. The lowest BCUT2D eigenvalue weighted by molar-refractivity contribution is 0.0975. The van der Waals surface area contributed by atoms with Crippen LogP contribution in [0.15, 0.2) is 41.4 Å². The molecule has 2 aromatic rings. The van der Waals surface area contributed by atoms with Crippen LogP contribution in [0.5, 0.6) is 11.5 Å². The maximum absolute atomic E-state index is 12.9. The summed E-state index contributed by atoms with van der Waals surface area (Å²) < 4.78 is 16.2. The first kappa shape index (κ1) is 21.6. The van der Waals surface area contributed by atoms with Gasteiger partial charge in [0.15, 0.2) is 0 Å². The molecule has 1 aliphatic heterocycles. The number of nitrogens with one attached hydrogen (secondary N) is 2. The van der Waals surface area contributed by atoms with Crippen LogP contribution in [0.3, 0.4) is 0 Å². The Bertz CT molecular complexity index is 878. The Kier molecular flexibility index (Phi) is 7.30. The fraction of sp³-hybridized carbons (Fsp3) is 0.391. The SMILES string of the molecule is COc1cc(OC)cc(C(=O)NC(=NC[C@@H]2CCCO2)Nc2cc(C)cc(C)c2)c1. The average molecular weight is 412 g/mol. The summed E-state index contributed by atoms with van der Waals surface area (Å²) in [6.07, 6.45) is 2.09. The van der Waals surface area contributed by atoms with E-state index >= 15 is 0 Å². The van der Waals surface area contributed by atoms with E-state index in [9.17, 15) is 4.79 Å². The van der Waals surface area contributed by atoms with E-state index in [0.29, 0.717) is 29.6 Å². The lowest BCUT2D eigenvalue weighted by Crippen LogP contribution is -2.36. The minimum atomic E-state index is -0.310. The van der Waals surface area contributed by atoms with E-state index in [1.165, 1.54) is 0 Å². The van der Waals surface area contributed by atoms with Gasteiger partial charge in [-0.2, -0.15) is 0 Å². The molecule has 1 heterocycles. The van der Waals surface area contributed by atoms with Crippen LogP contribution < -0.4 is 20.1 Å². The van der Waals surface area contributed by atoms with Crippen molar-refractivity contribution < 1.29 is 19.0 Å². The number of guanidine groups is 1. The minimum absolute atomic E-state index is 0.0786. The van der Waals surface area contributed by atoms with E-state index in [0.717, 1.165) is 36.3 Å². The van der Waals surface area contributed by atoms with Crippen LogP contribution in [-0.4, -0.2) is 45.3 Å². The van der Waals surface area contributed by atoms with E-state index in [1.54, 1.807) is 32.4 Å². The molecule has 7 nitrogen and oxygen atoms in total. The summed E-state index contributed by atoms with van der Waals surface area (Å²) in [5.74, 6) is 1.15. The van der Waals surface area contributed by atoms with E-state index in [2.05, 4.69) is 21.7 Å². The van der Waals surface area contributed by atoms with Gasteiger partial charge in [-0.3, -0.25) is 10.1 Å². The number of amides is 1. The van der Waals surface area contributed by atoms with Crippen molar-refractivity contribution >= 4 is 17.6 Å². The van der Waals surface area contributed by atoms with Gasteiger partial charge in [0.25, 0.3) is 5.91 Å². The van der Waals surface area contributed by atoms with E-state index < -0.39 is 0 Å². The molecule has 2 aromatic carbocycles. The Labute approximate surface area is 177 Å². The van der Waals surface area contributed by atoms with Crippen molar-refractivity contribution in [1.82, 2.24) is 5.32 Å². The molecule has 1 fully saturated rings. The summed E-state index contributed by atoms with van der Waals surface area (Å²) in [6, 6.07) is 11.1. The van der Waals surface area contributed by atoms with Gasteiger partial charge in [0.1, 0.15) is 11.5 Å². The molecule has 0 bridgehead atoms. The molecule has 0 spiro atoms. The minimum Gasteiger partial charge on any atom is -0.497 e. The van der Waals surface area contributed by atoms with Crippen LogP contribution in [0.4, 0.5) is 5.69 Å². The highest BCUT2D eigenvalue weighted by Gasteiger charge is 2.17. The molecule has 3 rings (SSSR count). The number of aliphatic imine (C=N–C) groups is 1. The van der Waals surface area contributed by atoms with Crippen molar-refractivity contribution in [2.75, 3.05) is 32.7 Å². The standard InChI is InChI=1S/C23H29N3O4/c1-15-8-16(2)10-18(9-15)25-23(24-14-19-6-5-7-30-19)26-22(27)17-11-20(28-3)13-21(12-17)29-4/h8-13,19H,5-7,14H2,1-4H3,(H2,24,25,26,27)/t19-/m0/s1. The number of nitrogens with zero attached hydrogens (tertiary/aromatic N) is 1. The maximum atomic E-state index is 12.9. The van der Waals surface area contributed by atoms with E-state index in [1.807, 2.05) is 26.0 Å². The zero-order valence-corrected chi connectivity index (χ0v) is 18.0. The largest absolute Gasteiger partial charge is 0.497 e. The first-order valence-electron chi connectivity index (χ1n) is 10.0. The highest BCUT2D eigenvalue weighted by molar-refractivity contribution is 6.10. The topological polar surface area (TPSA) is 81.2 Å². The molecule has 0 saturated carbocycles. The Hall–Kier alpha value is -3.06. The molecule has 30 heavy (non-hydrogen) atoms. The number of hydrogen-bond donors (Lipinski definition) is 2. The molecule has 7 heteroatoms. The molecule has 0 aromatic heterocycles. The number of rotatable bonds is 6. The van der Waals surface area contributed by atoms with Crippen molar-refractivity contribution in [3.63, 3.8) is 0 Å². The van der Waals surface area contributed by atoms with Crippen molar-refractivity contribution in [2.45, 2.75) is 32.8 Å². The molecular formula is C23H29N3O4. The summed E-state index contributed by atoms with van der Waals surface area (Å²) in [7, 11) is 3.10. The number of hydrogen-bond acceptors (Lipinski definition) is 5. The molecule has 0 unspecified atom stereocenters. The molecule has 1 aliphatic rings. The number of carbonyl (C=O) groups excluding carboxylic acids is 1. The molecular weight excluding hydrogens is 382 g/mol. The van der Waals surface area contributed by atoms with Crippen LogP contribution in [0.1, 0.15) is 34.3 Å². The number of benzene rings is 2. The predicted octanol–water partition coefficient (Wildman–Crippen LogP) is 3.70. The third kappa shape index (κ3) is 5.97. The fourth-order valence-electron chi connectivity index (χ4n) is 3.39. The molecule has 0 aliphatic carbocycles. The van der Waals surface area contributed by atoms with Crippen LogP contribution in [-0.2, 0) is 4.74 Å². The van der Waals surface area contributed by atoms with Crippen LogP contribution in [0, 0.1) is 13.8 Å². The average Bonchev–Trinajstić information content (AvgIpc) is 3.24. The summed E-state index contributed by atoms with van der Waals surface area (Å²) in [6.45, 7) is 5.30. The number of methoxy groups -OCH3 is 2. The Morgan fingerprint density at radius 2 is 1.73 bits per heavy atom. The predicted molar refractivity (Wildman–Crippen MR) is 118 cm³/mol. The molecule has 0 radical (unpaired) electrons. The van der Waals surface area contributed by atoms with Gasteiger partial charge in [-0.15, -0.1) is 0 Å². The maximum Gasteiger partial charge on any atom is 0.258 e. The van der Waals surface area contributed by atoms with Crippen molar-refractivity contribution in [2.24, 2.45) is 4.99 Å². The molecule has 1 amide bonds. The van der Waals surface area contributed by atoms with Crippen LogP contribution in [0.25, 0.3) is 0 Å². The first-order chi connectivity index (χ1) is 14.5. The van der Waals surface area contributed by atoms with Crippen molar-refractivity contribution in [3.05, 3.63) is 53.1 Å². The Morgan fingerprint density at radius 3 is 2.30 bits per heavy atom. The number of aryl methyl sites for hydroxylation is 2. The molecule has 160 valence electrons.